The molecule has 1 heterocycles. The third-order valence-corrected chi connectivity index (χ3v) is 5.62. The monoisotopic (exact) mass is 467 g/mol. The second-order valence-electron chi connectivity index (χ2n) is 6.94. The number of nitrogens with one attached hydrogen (secondary N) is 1. The maximum atomic E-state index is 13.8. The van der Waals surface area contributed by atoms with Crippen LogP contribution in [0.15, 0.2) is 76.7 Å². The van der Waals surface area contributed by atoms with Crippen molar-refractivity contribution >= 4 is 34.3 Å². The summed E-state index contributed by atoms with van der Waals surface area (Å²) < 4.78 is 34.1. The normalized spacial score (nSPS) is 10.9. The van der Waals surface area contributed by atoms with Gasteiger partial charge in [0.25, 0.3) is 5.56 Å². The van der Waals surface area contributed by atoms with Crippen molar-refractivity contribution in [2.75, 3.05) is 17.7 Å². The van der Waals surface area contributed by atoms with Gasteiger partial charge in [0, 0.05) is 6.07 Å². The summed E-state index contributed by atoms with van der Waals surface area (Å²) in [5.41, 5.74) is 0.504. The molecule has 3 aromatic carbocycles. The van der Waals surface area contributed by atoms with Crippen LogP contribution in [0, 0.1) is 11.6 Å². The van der Waals surface area contributed by atoms with E-state index in [1.54, 1.807) is 48.5 Å². The number of halogens is 2. The first-order valence-corrected chi connectivity index (χ1v) is 11.1. The molecule has 4 rings (SSSR count). The van der Waals surface area contributed by atoms with Crippen molar-refractivity contribution in [2.45, 2.75) is 12.1 Å². The standard InChI is InChI=1S/C24H19F2N3O3S/c1-2-32-17-10-8-16(9-11-17)29-23(31)18-5-3-4-6-20(18)28-24(29)33-14-22(30)27-21-13-15(25)7-12-19(21)26/h3-13H,2,14H2,1H3,(H,27,30). The maximum absolute atomic E-state index is 13.8. The minimum atomic E-state index is -0.745. The first-order valence-electron chi connectivity index (χ1n) is 10.1. The van der Waals surface area contributed by atoms with Gasteiger partial charge in [0.05, 0.1) is 34.6 Å². The number of benzene rings is 3. The van der Waals surface area contributed by atoms with Crippen LogP contribution in [0.25, 0.3) is 16.6 Å². The highest BCUT2D eigenvalue weighted by Crippen LogP contribution is 2.23. The Morgan fingerprint density at radius 2 is 1.85 bits per heavy atom. The molecular weight excluding hydrogens is 448 g/mol. The van der Waals surface area contributed by atoms with Crippen LogP contribution >= 0.6 is 11.8 Å². The Morgan fingerprint density at radius 1 is 1.09 bits per heavy atom. The molecule has 1 N–H and O–H groups in total. The molecule has 0 atom stereocenters. The van der Waals surface area contributed by atoms with Gasteiger partial charge in [-0.2, -0.15) is 0 Å². The summed E-state index contributed by atoms with van der Waals surface area (Å²) in [5, 5.41) is 3.07. The summed E-state index contributed by atoms with van der Waals surface area (Å²) in [7, 11) is 0. The van der Waals surface area contributed by atoms with Gasteiger partial charge in [-0.05, 0) is 55.5 Å². The largest absolute Gasteiger partial charge is 0.494 e. The lowest BCUT2D eigenvalue weighted by Gasteiger charge is -2.14. The summed E-state index contributed by atoms with van der Waals surface area (Å²) >= 11 is 1.02. The molecule has 0 fully saturated rings. The molecule has 9 heteroatoms. The number of thioether (sulfide) groups is 1. The van der Waals surface area contributed by atoms with Crippen LogP contribution in [0.5, 0.6) is 5.75 Å². The molecule has 0 aliphatic rings. The SMILES string of the molecule is CCOc1ccc(-n2c(SCC(=O)Nc3cc(F)ccc3F)nc3ccccc3c2=O)cc1. The zero-order chi connectivity index (χ0) is 23.4. The molecule has 0 saturated heterocycles. The lowest BCUT2D eigenvalue weighted by Crippen LogP contribution is -2.23. The van der Waals surface area contributed by atoms with Crippen LogP contribution < -0.4 is 15.6 Å². The van der Waals surface area contributed by atoms with E-state index in [1.807, 2.05) is 6.92 Å². The van der Waals surface area contributed by atoms with Gasteiger partial charge in [-0.1, -0.05) is 23.9 Å². The number of anilines is 1. The van der Waals surface area contributed by atoms with Gasteiger partial charge >= 0.3 is 0 Å². The number of fused-ring (bicyclic) bond motifs is 1. The molecule has 0 aliphatic carbocycles. The van der Waals surface area contributed by atoms with Gasteiger partial charge in [0.1, 0.15) is 17.4 Å². The summed E-state index contributed by atoms with van der Waals surface area (Å²) in [6, 6.07) is 16.7. The van der Waals surface area contributed by atoms with Crippen molar-refractivity contribution in [1.82, 2.24) is 9.55 Å². The highest BCUT2D eigenvalue weighted by molar-refractivity contribution is 7.99. The van der Waals surface area contributed by atoms with Crippen LogP contribution in [-0.4, -0.2) is 27.8 Å². The van der Waals surface area contributed by atoms with E-state index in [4.69, 9.17) is 4.74 Å². The molecular formula is C24H19F2N3O3S. The second kappa shape index (κ2) is 9.83. The summed E-state index contributed by atoms with van der Waals surface area (Å²) in [5.74, 6) is -1.48. The molecule has 4 aromatic rings. The predicted molar refractivity (Wildman–Crippen MR) is 124 cm³/mol. The number of hydrogen-bond donors (Lipinski definition) is 1. The summed E-state index contributed by atoms with van der Waals surface area (Å²) in [6.45, 7) is 2.39. The zero-order valence-electron chi connectivity index (χ0n) is 17.5. The van der Waals surface area contributed by atoms with Crippen molar-refractivity contribution < 1.29 is 18.3 Å². The Bertz CT molecular complexity index is 1370. The van der Waals surface area contributed by atoms with Crippen LogP contribution in [0.2, 0.25) is 0 Å². The smallest absolute Gasteiger partial charge is 0.266 e. The van der Waals surface area contributed by atoms with E-state index < -0.39 is 17.5 Å². The van der Waals surface area contributed by atoms with Gasteiger partial charge < -0.3 is 10.1 Å². The number of carbonyl (C=O) groups is 1. The molecule has 0 spiro atoms. The van der Waals surface area contributed by atoms with E-state index in [0.29, 0.717) is 28.9 Å². The molecule has 0 unspecified atom stereocenters. The number of carbonyl (C=O) groups excluding carboxylic acids is 1. The highest BCUT2D eigenvalue weighted by Gasteiger charge is 2.16. The van der Waals surface area contributed by atoms with Crippen molar-refractivity contribution in [3.8, 4) is 11.4 Å². The van der Waals surface area contributed by atoms with Gasteiger partial charge in [-0.3, -0.25) is 14.2 Å². The van der Waals surface area contributed by atoms with E-state index in [0.717, 1.165) is 30.0 Å². The van der Waals surface area contributed by atoms with Gasteiger partial charge in [-0.15, -0.1) is 0 Å². The first-order chi connectivity index (χ1) is 16.0. The Morgan fingerprint density at radius 3 is 2.61 bits per heavy atom. The van der Waals surface area contributed by atoms with Crippen molar-refractivity contribution in [3.05, 3.63) is 88.7 Å². The van der Waals surface area contributed by atoms with E-state index >= 15 is 0 Å². The molecule has 6 nitrogen and oxygen atoms in total. The highest BCUT2D eigenvalue weighted by atomic mass is 32.2. The zero-order valence-corrected chi connectivity index (χ0v) is 18.4. The number of rotatable bonds is 7. The van der Waals surface area contributed by atoms with Crippen LogP contribution in [0.3, 0.4) is 0 Å². The van der Waals surface area contributed by atoms with Crippen LogP contribution in [0.1, 0.15) is 6.92 Å². The minimum Gasteiger partial charge on any atom is -0.494 e. The molecule has 1 amide bonds. The number of amides is 1. The van der Waals surface area contributed by atoms with Crippen molar-refractivity contribution in [3.63, 3.8) is 0 Å². The fourth-order valence-corrected chi connectivity index (χ4v) is 4.02. The summed E-state index contributed by atoms with van der Waals surface area (Å²) in [4.78, 5) is 30.2. The molecule has 0 radical (unpaired) electrons. The number of aromatic nitrogens is 2. The third-order valence-electron chi connectivity index (χ3n) is 4.69. The molecule has 0 bridgehead atoms. The van der Waals surface area contributed by atoms with E-state index in [9.17, 15) is 18.4 Å². The fourth-order valence-electron chi connectivity index (χ4n) is 3.20. The van der Waals surface area contributed by atoms with E-state index in [1.165, 1.54) is 4.57 Å². The number of para-hydroxylation sites is 1. The molecule has 1 aromatic heterocycles. The average molecular weight is 467 g/mol. The van der Waals surface area contributed by atoms with E-state index in [-0.39, 0.29) is 22.2 Å². The molecule has 33 heavy (non-hydrogen) atoms. The second-order valence-corrected chi connectivity index (χ2v) is 7.88. The lowest BCUT2D eigenvalue weighted by molar-refractivity contribution is -0.113. The predicted octanol–water partition coefficient (Wildman–Crippen LogP) is 4.79. The fraction of sp³-hybridized carbons (Fsp3) is 0.125. The third kappa shape index (κ3) is 5.04. The van der Waals surface area contributed by atoms with E-state index in [2.05, 4.69) is 10.3 Å². The number of nitrogens with zero attached hydrogens (tertiary/aromatic N) is 2. The average Bonchev–Trinajstić information content (AvgIpc) is 2.81. The number of hydrogen-bond acceptors (Lipinski definition) is 5. The van der Waals surface area contributed by atoms with Gasteiger partial charge in [-0.25, -0.2) is 13.8 Å². The quantitative estimate of drug-likeness (QED) is 0.312. The van der Waals surface area contributed by atoms with Crippen LogP contribution in [-0.2, 0) is 4.79 Å². The first kappa shape index (κ1) is 22.5. The molecule has 0 saturated carbocycles. The Labute approximate surface area is 192 Å². The summed E-state index contributed by atoms with van der Waals surface area (Å²) in [6.07, 6.45) is 0. The Hall–Kier alpha value is -3.72. The Balaban J connectivity index is 1.66. The van der Waals surface area contributed by atoms with Gasteiger partial charge in [0.2, 0.25) is 5.91 Å². The number of ether oxygens (including phenoxy) is 1. The lowest BCUT2D eigenvalue weighted by atomic mass is 10.2. The van der Waals surface area contributed by atoms with Crippen molar-refractivity contribution in [1.29, 1.82) is 0 Å². The molecule has 0 aliphatic heterocycles. The topological polar surface area (TPSA) is 73.2 Å². The maximum Gasteiger partial charge on any atom is 0.266 e. The van der Waals surface area contributed by atoms with Crippen molar-refractivity contribution in [2.24, 2.45) is 0 Å². The Kier molecular flexibility index (Phi) is 6.69. The molecule has 168 valence electrons. The minimum absolute atomic E-state index is 0.169. The van der Waals surface area contributed by atoms with Crippen LogP contribution in [0.4, 0.5) is 14.5 Å². The van der Waals surface area contributed by atoms with Gasteiger partial charge in [0.15, 0.2) is 5.16 Å².